The highest BCUT2D eigenvalue weighted by molar-refractivity contribution is 5.82. The van der Waals surface area contributed by atoms with Crippen LogP contribution in [0, 0.1) is 5.92 Å². The van der Waals surface area contributed by atoms with Gasteiger partial charge in [0.15, 0.2) is 6.10 Å². The number of aliphatic hydroxyl groups excluding tert-OH is 1. The largest absolute Gasteiger partial charge is 0.381 e. The van der Waals surface area contributed by atoms with Gasteiger partial charge >= 0.3 is 0 Å². The quantitative estimate of drug-likeness (QED) is 0.600. The Morgan fingerprint density at radius 2 is 2.19 bits per heavy atom. The van der Waals surface area contributed by atoms with Crippen LogP contribution in [-0.4, -0.2) is 47.6 Å². The minimum Gasteiger partial charge on any atom is -0.381 e. The van der Waals surface area contributed by atoms with Crippen molar-refractivity contribution in [1.82, 2.24) is 10.2 Å². The zero-order chi connectivity index (χ0) is 11.5. The van der Waals surface area contributed by atoms with Gasteiger partial charge in [0.1, 0.15) is 0 Å². The molecule has 5 nitrogen and oxygen atoms in total. The minimum absolute atomic E-state index is 0.244. The van der Waals surface area contributed by atoms with E-state index in [2.05, 4.69) is 5.32 Å². The maximum absolute atomic E-state index is 11.8. The first-order chi connectivity index (χ1) is 7.72. The first kappa shape index (κ1) is 11.4. The average Bonchev–Trinajstić information content (AvgIpc) is 2.97. The number of nitrogens with zero attached hydrogens (tertiary/aromatic N) is 1. The van der Waals surface area contributed by atoms with Gasteiger partial charge in [0.05, 0.1) is 6.04 Å². The van der Waals surface area contributed by atoms with Crippen molar-refractivity contribution >= 4 is 12.3 Å². The highest BCUT2D eigenvalue weighted by Crippen LogP contribution is 2.34. The maximum atomic E-state index is 11.8. The van der Waals surface area contributed by atoms with E-state index in [0.29, 0.717) is 18.7 Å². The zero-order valence-corrected chi connectivity index (χ0v) is 9.26. The zero-order valence-electron chi connectivity index (χ0n) is 9.26. The van der Waals surface area contributed by atoms with Gasteiger partial charge in [-0.05, 0) is 18.8 Å². The first-order valence-corrected chi connectivity index (χ1v) is 5.89. The van der Waals surface area contributed by atoms with E-state index in [-0.39, 0.29) is 5.91 Å². The number of carbonyl (C=O) groups is 2. The van der Waals surface area contributed by atoms with Crippen molar-refractivity contribution in [2.45, 2.75) is 37.8 Å². The van der Waals surface area contributed by atoms with Crippen LogP contribution in [0.25, 0.3) is 0 Å². The average molecular weight is 226 g/mol. The molecule has 90 valence electrons. The molecule has 0 radical (unpaired) electrons. The number of nitrogens with one attached hydrogen (secondary N) is 1. The summed E-state index contributed by atoms with van der Waals surface area (Å²) in [7, 11) is 0. The Labute approximate surface area is 94.8 Å². The summed E-state index contributed by atoms with van der Waals surface area (Å²) in [6.45, 7) is 1.46. The van der Waals surface area contributed by atoms with Crippen LogP contribution < -0.4 is 5.32 Å². The van der Waals surface area contributed by atoms with Gasteiger partial charge in [-0.3, -0.25) is 9.59 Å². The third-order valence-electron chi connectivity index (χ3n) is 3.37. The summed E-state index contributed by atoms with van der Waals surface area (Å²) < 4.78 is 0. The predicted octanol–water partition coefficient (Wildman–Crippen LogP) is -0.506. The molecule has 5 heteroatoms. The van der Waals surface area contributed by atoms with Gasteiger partial charge < -0.3 is 15.3 Å². The molecule has 1 saturated heterocycles. The highest BCUT2D eigenvalue weighted by atomic mass is 16.3. The fraction of sp³-hybridized carbons (Fsp3) is 0.818. The Hall–Kier alpha value is -1.10. The van der Waals surface area contributed by atoms with Crippen LogP contribution >= 0.6 is 0 Å². The number of rotatable bonds is 6. The van der Waals surface area contributed by atoms with Gasteiger partial charge in [-0.1, -0.05) is 12.8 Å². The van der Waals surface area contributed by atoms with E-state index in [1.54, 1.807) is 4.90 Å². The van der Waals surface area contributed by atoms with Crippen LogP contribution in [0.2, 0.25) is 0 Å². The van der Waals surface area contributed by atoms with Crippen molar-refractivity contribution in [2.75, 3.05) is 13.1 Å². The maximum Gasteiger partial charge on any atom is 0.253 e. The Kier molecular flexibility index (Phi) is 3.43. The molecule has 0 spiro atoms. The Morgan fingerprint density at radius 1 is 1.50 bits per heavy atom. The standard InChI is InChI=1S/C11H18N2O3/c14-7-12-9(6-8-2-3-8)10(15)11(16)13-4-1-5-13/h7-10,15H,1-6H2,(H,12,14). The van der Waals surface area contributed by atoms with Crippen molar-refractivity contribution < 1.29 is 14.7 Å². The molecule has 0 bridgehead atoms. The number of amides is 2. The molecule has 2 unspecified atom stereocenters. The summed E-state index contributed by atoms with van der Waals surface area (Å²) in [4.78, 5) is 23.8. The molecule has 0 aromatic carbocycles. The van der Waals surface area contributed by atoms with Crippen LogP contribution in [0.4, 0.5) is 0 Å². The molecule has 16 heavy (non-hydrogen) atoms. The molecule has 1 heterocycles. The van der Waals surface area contributed by atoms with Crippen LogP contribution in [0.15, 0.2) is 0 Å². The fourth-order valence-corrected chi connectivity index (χ4v) is 1.98. The van der Waals surface area contributed by atoms with Crippen molar-refractivity contribution in [3.8, 4) is 0 Å². The van der Waals surface area contributed by atoms with Crippen LogP contribution in [0.1, 0.15) is 25.7 Å². The van der Waals surface area contributed by atoms with Crippen LogP contribution in [0.3, 0.4) is 0 Å². The second-order valence-electron chi connectivity index (χ2n) is 4.69. The third-order valence-corrected chi connectivity index (χ3v) is 3.37. The Balaban J connectivity index is 1.88. The molecule has 0 aromatic rings. The Morgan fingerprint density at radius 3 is 2.62 bits per heavy atom. The molecule has 1 aliphatic heterocycles. The van der Waals surface area contributed by atoms with E-state index >= 15 is 0 Å². The van der Waals surface area contributed by atoms with Crippen molar-refractivity contribution in [1.29, 1.82) is 0 Å². The van der Waals surface area contributed by atoms with Gasteiger partial charge in [0.2, 0.25) is 6.41 Å². The first-order valence-electron chi connectivity index (χ1n) is 5.89. The summed E-state index contributed by atoms with van der Waals surface area (Å²) in [5.74, 6) is 0.322. The predicted molar refractivity (Wildman–Crippen MR) is 57.5 cm³/mol. The number of likely N-dealkylation sites (tertiary alicyclic amines) is 1. The van der Waals surface area contributed by atoms with Crippen molar-refractivity contribution in [3.63, 3.8) is 0 Å². The summed E-state index contributed by atoms with van der Waals surface area (Å²) in [5.41, 5.74) is 0. The van der Waals surface area contributed by atoms with E-state index in [0.717, 1.165) is 32.4 Å². The second-order valence-corrected chi connectivity index (χ2v) is 4.69. The number of hydrogen-bond acceptors (Lipinski definition) is 3. The summed E-state index contributed by atoms with van der Waals surface area (Å²) in [5, 5.41) is 12.5. The smallest absolute Gasteiger partial charge is 0.253 e. The van der Waals surface area contributed by atoms with Gasteiger partial charge in [0, 0.05) is 13.1 Å². The molecule has 0 aromatic heterocycles. The van der Waals surface area contributed by atoms with Gasteiger partial charge in [-0.25, -0.2) is 0 Å². The molecule has 2 aliphatic rings. The number of hydrogen-bond donors (Lipinski definition) is 2. The third kappa shape index (κ3) is 2.52. The lowest BCUT2D eigenvalue weighted by Crippen LogP contribution is -2.53. The summed E-state index contributed by atoms with van der Waals surface area (Å²) >= 11 is 0. The highest BCUT2D eigenvalue weighted by Gasteiger charge is 2.35. The van der Waals surface area contributed by atoms with Crippen molar-refractivity contribution in [3.05, 3.63) is 0 Å². The fourth-order valence-electron chi connectivity index (χ4n) is 1.98. The van der Waals surface area contributed by atoms with Gasteiger partial charge in [-0.15, -0.1) is 0 Å². The van der Waals surface area contributed by atoms with Crippen molar-refractivity contribution in [2.24, 2.45) is 5.92 Å². The monoisotopic (exact) mass is 226 g/mol. The molecule has 2 atom stereocenters. The SMILES string of the molecule is O=CNC(CC1CC1)C(O)C(=O)N1CCC1. The molecule has 1 saturated carbocycles. The molecule has 2 rings (SSSR count). The normalized spacial score (nSPS) is 23.2. The molecular formula is C11H18N2O3. The Bertz CT molecular complexity index is 274. The van der Waals surface area contributed by atoms with Gasteiger partial charge in [0.25, 0.3) is 5.91 Å². The molecular weight excluding hydrogens is 208 g/mol. The molecule has 2 fully saturated rings. The van der Waals surface area contributed by atoms with Crippen LogP contribution in [-0.2, 0) is 9.59 Å². The lowest BCUT2D eigenvalue weighted by atomic mass is 10.0. The summed E-state index contributed by atoms with van der Waals surface area (Å²) in [6, 6.07) is -0.418. The van der Waals surface area contributed by atoms with E-state index in [1.807, 2.05) is 0 Å². The summed E-state index contributed by atoms with van der Waals surface area (Å²) in [6.07, 6.45) is 3.49. The van der Waals surface area contributed by atoms with Gasteiger partial charge in [-0.2, -0.15) is 0 Å². The lowest BCUT2D eigenvalue weighted by molar-refractivity contribution is -0.145. The minimum atomic E-state index is -1.08. The van der Waals surface area contributed by atoms with E-state index in [1.165, 1.54) is 0 Å². The lowest BCUT2D eigenvalue weighted by Gasteiger charge is -2.34. The number of aliphatic hydroxyl groups is 1. The molecule has 1 aliphatic carbocycles. The van der Waals surface area contributed by atoms with E-state index in [4.69, 9.17) is 0 Å². The van der Waals surface area contributed by atoms with E-state index in [9.17, 15) is 14.7 Å². The topological polar surface area (TPSA) is 69.6 Å². The number of carbonyl (C=O) groups excluding carboxylic acids is 2. The van der Waals surface area contributed by atoms with E-state index < -0.39 is 12.1 Å². The van der Waals surface area contributed by atoms with Crippen LogP contribution in [0.5, 0.6) is 0 Å². The second kappa shape index (κ2) is 4.82. The molecule has 2 amide bonds. The molecule has 2 N–H and O–H groups in total.